The normalized spacial score (nSPS) is 12.2. The van der Waals surface area contributed by atoms with Crippen LogP contribution in [0.1, 0.15) is 48.3 Å². The summed E-state index contributed by atoms with van der Waals surface area (Å²) in [6.07, 6.45) is 2.98. The van der Waals surface area contributed by atoms with Crippen LogP contribution in [0.5, 0.6) is 0 Å². The van der Waals surface area contributed by atoms with Gasteiger partial charge in [-0.15, -0.1) is 0 Å². The third-order valence-corrected chi connectivity index (χ3v) is 4.45. The smallest absolute Gasteiger partial charge is 0.543 e. The summed E-state index contributed by atoms with van der Waals surface area (Å²) in [5, 5.41) is 10.0. The van der Waals surface area contributed by atoms with Crippen molar-refractivity contribution in [3.8, 4) is 0 Å². The number of imidazole rings is 1. The monoisotopic (exact) mass is 772 g/mol. The zero-order valence-corrected chi connectivity index (χ0v) is 25.1. The minimum Gasteiger partial charge on any atom is -0.543 e. The predicted molar refractivity (Wildman–Crippen MR) is 136 cm³/mol. The van der Waals surface area contributed by atoms with Gasteiger partial charge in [0.2, 0.25) is 5.95 Å². The van der Waals surface area contributed by atoms with Crippen molar-refractivity contribution in [2.24, 2.45) is 0 Å². The number of aryl methyl sites for hydroxylation is 2. The van der Waals surface area contributed by atoms with E-state index in [0.717, 1.165) is 0 Å². The van der Waals surface area contributed by atoms with Crippen LogP contribution >= 0.6 is 7.81 Å². The molecule has 1 aromatic carbocycles. The number of carbonyl (C=O) groups is 1. The van der Waals surface area contributed by atoms with Crippen LogP contribution in [0, 0.1) is 6.92 Å². The van der Waals surface area contributed by atoms with Crippen molar-refractivity contribution in [1.82, 2.24) is 24.5 Å². The third kappa shape index (κ3) is 15.9. The van der Waals surface area contributed by atoms with E-state index in [1.807, 2.05) is 6.92 Å². The number of aromatic carboxylic acids is 1. The second-order valence-corrected chi connectivity index (χ2v) is 10.1. The van der Waals surface area contributed by atoms with Crippen molar-refractivity contribution in [2.45, 2.75) is 40.2 Å². The summed E-state index contributed by atoms with van der Waals surface area (Å²) in [6, 6.07) is 13.3. The van der Waals surface area contributed by atoms with Crippen LogP contribution in [-0.2, 0) is 26.3 Å². The Bertz CT molecular complexity index is 1420. The van der Waals surface area contributed by atoms with Crippen molar-refractivity contribution in [3.05, 3.63) is 82.2 Å². The SMILES string of the molecule is CCn1cnc2c(=O)[nH]c(N)nc21.Cc1ccc(C(C)C)cc1.F[P-](F)(F)(F)(F)F.O=C([O-])c1ccccn1.[Os+2]. The summed E-state index contributed by atoms with van der Waals surface area (Å²) < 4.78 is 61.0. The van der Waals surface area contributed by atoms with Gasteiger partial charge in [-0.25, -0.2) is 4.98 Å². The predicted octanol–water partition coefficient (Wildman–Crippen LogP) is 5.67. The number of H-pyrrole nitrogens is 1. The molecule has 222 valence electrons. The fourth-order valence-electron chi connectivity index (χ4n) is 2.64. The molecular formula is C23H27F6N6O3OsP. The first kappa shape index (κ1) is 36.6. The number of nitrogen functional groups attached to an aromatic ring is 1. The molecule has 3 N–H and O–H groups in total. The van der Waals surface area contributed by atoms with Gasteiger partial charge in [-0.3, -0.25) is 14.8 Å². The first-order valence-corrected chi connectivity index (χ1v) is 13.2. The number of carboxylic acid groups (broad SMARTS) is 1. The maximum absolute atomic E-state index is 11.3. The number of pyridine rings is 1. The van der Waals surface area contributed by atoms with Gasteiger partial charge in [0.25, 0.3) is 5.56 Å². The van der Waals surface area contributed by atoms with Crippen LogP contribution in [0.2, 0.25) is 0 Å². The number of nitrogens with one attached hydrogen (secondary N) is 1. The summed E-state index contributed by atoms with van der Waals surface area (Å²) in [4.78, 5) is 35.1. The van der Waals surface area contributed by atoms with E-state index in [1.165, 1.54) is 23.4 Å². The Hall–Kier alpha value is -3.36. The number of carboxylic acids is 1. The first-order valence-electron chi connectivity index (χ1n) is 11.1. The van der Waals surface area contributed by atoms with Crippen LogP contribution in [0.4, 0.5) is 31.1 Å². The fraction of sp³-hybridized carbons (Fsp3) is 0.261. The number of halogens is 6. The van der Waals surface area contributed by atoms with Crippen molar-refractivity contribution in [1.29, 1.82) is 0 Å². The molecule has 4 aromatic rings. The van der Waals surface area contributed by atoms with E-state index in [4.69, 9.17) is 5.73 Å². The Kier molecular flexibility index (Phi) is 12.7. The molecule has 0 saturated carbocycles. The van der Waals surface area contributed by atoms with Crippen LogP contribution in [0.15, 0.2) is 59.8 Å². The van der Waals surface area contributed by atoms with Crippen LogP contribution in [0.25, 0.3) is 11.2 Å². The molecule has 0 bridgehead atoms. The van der Waals surface area contributed by atoms with Crippen LogP contribution in [-0.4, -0.2) is 30.5 Å². The Labute approximate surface area is 238 Å². The van der Waals surface area contributed by atoms with Crippen molar-refractivity contribution < 1.29 is 54.9 Å². The number of hydrogen-bond acceptors (Lipinski definition) is 7. The number of fused-ring (bicyclic) bond motifs is 1. The van der Waals surface area contributed by atoms with Gasteiger partial charge in [-0.05, 0) is 37.5 Å². The van der Waals surface area contributed by atoms with Gasteiger partial charge in [-0.1, -0.05) is 49.7 Å². The molecule has 17 heteroatoms. The van der Waals surface area contributed by atoms with E-state index in [1.54, 1.807) is 23.0 Å². The molecule has 0 fully saturated rings. The van der Waals surface area contributed by atoms with Crippen molar-refractivity contribution in [2.75, 3.05) is 5.73 Å². The molecule has 0 saturated heterocycles. The van der Waals surface area contributed by atoms with Gasteiger partial charge in [0.15, 0.2) is 11.2 Å². The average Bonchev–Trinajstić information content (AvgIpc) is 3.22. The number of anilines is 1. The molecule has 3 heterocycles. The maximum atomic E-state index is 11.3. The molecule has 3 aromatic heterocycles. The number of aromatic nitrogens is 5. The van der Waals surface area contributed by atoms with Crippen molar-refractivity contribution in [3.63, 3.8) is 0 Å². The van der Waals surface area contributed by atoms with E-state index < -0.39 is 13.8 Å². The number of rotatable bonds is 3. The number of hydrogen-bond donors (Lipinski definition) is 2. The largest absolute Gasteiger partial charge is 2.00 e. The Balaban J connectivity index is 0.000000516. The summed E-state index contributed by atoms with van der Waals surface area (Å²) in [5.41, 5.74) is 8.69. The zero-order chi connectivity index (χ0) is 30.1. The number of nitrogens with two attached hydrogens (primary N) is 1. The van der Waals surface area contributed by atoms with E-state index in [-0.39, 0.29) is 37.0 Å². The molecule has 40 heavy (non-hydrogen) atoms. The number of aromatic amines is 1. The summed E-state index contributed by atoms with van der Waals surface area (Å²) in [6.45, 7) is 9.20. The van der Waals surface area contributed by atoms with Gasteiger partial charge in [0.05, 0.1) is 18.0 Å². The molecule has 0 aliphatic rings. The molecule has 0 amide bonds. The summed E-state index contributed by atoms with van der Waals surface area (Å²) in [5.74, 6) is -0.469. The number of carbonyl (C=O) groups excluding carboxylic acids is 1. The molecule has 0 aliphatic heterocycles. The van der Waals surface area contributed by atoms with E-state index in [9.17, 15) is 39.9 Å². The van der Waals surface area contributed by atoms with Gasteiger partial charge in [0.1, 0.15) is 0 Å². The van der Waals surface area contributed by atoms with Gasteiger partial charge >= 0.3 is 52.8 Å². The molecule has 0 atom stereocenters. The van der Waals surface area contributed by atoms with E-state index in [0.29, 0.717) is 23.6 Å². The number of benzene rings is 1. The first-order chi connectivity index (χ1) is 17.7. The topological polar surface area (TPSA) is 143 Å². The molecular weight excluding hydrogens is 743 g/mol. The summed E-state index contributed by atoms with van der Waals surface area (Å²) >= 11 is 0. The average molecular weight is 771 g/mol. The minimum atomic E-state index is -10.7. The van der Waals surface area contributed by atoms with Crippen LogP contribution < -0.4 is 16.4 Å². The standard InChI is InChI=1S/C10H14.C7H9N5O.C6H5NO2.F6P.Os/c1-8(2)10-6-4-9(3)5-7-10;1-2-12-3-9-4-5(12)10-7(8)11-6(4)13;8-6(9)5-3-1-2-4-7-5;1-7(2,3,4,5)6;/h4-8H,1-3H3;3H,2H2,1H3,(H3,8,10,11,13);1-4H,(H,8,9);;/q;;;-1;+2/p-1. The molecule has 0 aliphatic carbocycles. The van der Waals surface area contributed by atoms with Gasteiger partial charge in [0, 0.05) is 12.7 Å². The fourth-order valence-corrected chi connectivity index (χ4v) is 2.64. The Morgan fingerprint density at radius 3 is 2.00 bits per heavy atom. The van der Waals surface area contributed by atoms with E-state index >= 15 is 0 Å². The van der Waals surface area contributed by atoms with Crippen LogP contribution in [0.3, 0.4) is 0 Å². The molecule has 0 unspecified atom stereocenters. The molecule has 0 radical (unpaired) electrons. The maximum Gasteiger partial charge on any atom is 2.00 e. The molecule has 9 nitrogen and oxygen atoms in total. The van der Waals surface area contributed by atoms with Gasteiger partial charge < -0.3 is 20.2 Å². The Morgan fingerprint density at radius 1 is 1.05 bits per heavy atom. The third-order valence-electron chi connectivity index (χ3n) is 4.45. The quantitative estimate of drug-likeness (QED) is 0.202. The zero-order valence-electron chi connectivity index (χ0n) is 21.6. The second kappa shape index (κ2) is 13.8. The minimum absolute atomic E-state index is 0. The molecule has 0 spiro atoms. The second-order valence-electron chi connectivity index (χ2n) is 8.18. The van der Waals surface area contributed by atoms with Gasteiger partial charge in [-0.2, -0.15) is 4.98 Å². The van der Waals surface area contributed by atoms with E-state index in [2.05, 4.69) is 65.0 Å². The van der Waals surface area contributed by atoms with Crippen molar-refractivity contribution >= 4 is 30.9 Å². The number of nitrogens with zero attached hydrogens (tertiary/aromatic N) is 4. The Morgan fingerprint density at radius 2 is 1.60 bits per heavy atom. The summed E-state index contributed by atoms with van der Waals surface area (Å²) in [7, 11) is -10.7. The molecule has 4 rings (SSSR count).